The van der Waals surface area contributed by atoms with Crippen LogP contribution in [0.4, 0.5) is 0 Å². The number of nitrogens with zero attached hydrogens (tertiary/aromatic N) is 6. The summed E-state index contributed by atoms with van der Waals surface area (Å²) in [6.07, 6.45) is 2.34. The van der Waals surface area contributed by atoms with E-state index < -0.39 is 5.79 Å². The van der Waals surface area contributed by atoms with E-state index in [1.807, 2.05) is 22.9 Å². The minimum atomic E-state index is -0.924. The summed E-state index contributed by atoms with van der Waals surface area (Å²) in [6, 6.07) is 16.5. The largest absolute Gasteiger partial charge is 0.347 e. The van der Waals surface area contributed by atoms with Crippen molar-refractivity contribution < 1.29 is 9.47 Å². The molecule has 0 atom stereocenters. The van der Waals surface area contributed by atoms with Crippen molar-refractivity contribution in [1.82, 2.24) is 35.4 Å². The number of aromatic nitrogens is 7. The summed E-state index contributed by atoms with van der Waals surface area (Å²) in [6.45, 7) is 4.77. The Balaban J connectivity index is 1.60. The molecule has 9 heteroatoms. The van der Waals surface area contributed by atoms with Gasteiger partial charge in [-0.15, -0.1) is 10.2 Å². The molecule has 0 saturated heterocycles. The lowest BCUT2D eigenvalue weighted by Gasteiger charge is -2.27. The molecule has 9 nitrogen and oxygen atoms in total. The molecule has 0 aliphatic carbocycles. The van der Waals surface area contributed by atoms with E-state index in [1.54, 1.807) is 14.2 Å². The van der Waals surface area contributed by atoms with Crippen LogP contribution in [0.15, 0.2) is 48.5 Å². The average Bonchev–Trinajstić information content (AvgIpc) is 3.54. The van der Waals surface area contributed by atoms with E-state index in [2.05, 4.69) is 64.8 Å². The quantitative estimate of drug-likeness (QED) is 0.367. The number of benzene rings is 2. The fourth-order valence-corrected chi connectivity index (χ4v) is 4.01. The van der Waals surface area contributed by atoms with E-state index in [4.69, 9.17) is 19.6 Å². The molecule has 0 amide bonds. The number of hydrogen-bond donors (Lipinski definition) is 1. The molecule has 33 heavy (non-hydrogen) atoms. The normalized spacial score (nSPS) is 11.8. The van der Waals surface area contributed by atoms with Crippen LogP contribution in [0.2, 0.25) is 0 Å². The number of aryl methyl sites for hydroxylation is 1. The van der Waals surface area contributed by atoms with Crippen LogP contribution in [-0.2, 0) is 28.2 Å². The van der Waals surface area contributed by atoms with Crippen molar-refractivity contribution in [3.05, 3.63) is 65.7 Å². The van der Waals surface area contributed by atoms with Crippen LogP contribution in [0.1, 0.15) is 43.9 Å². The zero-order valence-corrected chi connectivity index (χ0v) is 19.4. The lowest BCUT2D eigenvalue weighted by molar-refractivity contribution is -0.225. The van der Waals surface area contributed by atoms with Crippen molar-refractivity contribution in [2.24, 2.45) is 0 Å². The van der Waals surface area contributed by atoms with E-state index in [1.165, 1.54) is 0 Å². The molecule has 2 aromatic carbocycles. The molecule has 2 aromatic heterocycles. The molecule has 0 fully saturated rings. The number of hydrogen-bond acceptors (Lipinski definition) is 7. The number of tetrazole rings is 1. The number of nitrogens with one attached hydrogen (secondary N) is 1. The average molecular weight is 448 g/mol. The first-order valence-corrected chi connectivity index (χ1v) is 11.1. The lowest BCUT2D eigenvalue weighted by Crippen LogP contribution is -2.32. The number of rotatable bonds is 10. The third-order valence-corrected chi connectivity index (χ3v) is 5.77. The summed E-state index contributed by atoms with van der Waals surface area (Å²) in [4.78, 5) is 4.74. The van der Waals surface area contributed by atoms with Gasteiger partial charge >= 0.3 is 0 Å². The maximum atomic E-state index is 5.71. The fraction of sp³-hybridized carbons (Fsp3) is 0.375. The van der Waals surface area contributed by atoms with E-state index >= 15 is 0 Å². The smallest absolute Gasteiger partial charge is 0.231 e. The summed E-state index contributed by atoms with van der Waals surface area (Å²) in [5.74, 6) is 1.18. The third kappa shape index (κ3) is 4.55. The second-order valence-electron chi connectivity index (χ2n) is 7.77. The summed E-state index contributed by atoms with van der Waals surface area (Å²) < 4.78 is 13.3. The van der Waals surface area contributed by atoms with Gasteiger partial charge in [0.2, 0.25) is 11.6 Å². The standard InChI is InChI=1S/C24H29N7O2/c1-5-15-24(32-3,33-4)23-25-21(6-2)31(28-23)16-17-11-13-18(14-12-17)19-9-7-8-10-20(19)22-26-29-30-27-22/h7-14H,5-6,15-16H2,1-4H3,(H,26,27,29,30). The fourth-order valence-electron chi connectivity index (χ4n) is 4.01. The summed E-state index contributed by atoms with van der Waals surface area (Å²) in [5.41, 5.74) is 4.22. The predicted octanol–water partition coefficient (Wildman–Crippen LogP) is 3.98. The molecule has 172 valence electrons. The Kier molecular flexibility index (Phi) is 6.90. The van der Waals surface area contributed by atoms with Gasteiger partial charge in [0.15, 0.2) is 5.82 Å². The Morgan fingerprint density at radius 1 is 0.970 bits per heavy atom. The molecular formula is C24H29N7O2. The SMILES string of the molecule is CCCC(OC)(OC)c1nc(CC)n(Cc2ccc(-c3ccccc3-c3nnn[nH]3)cc2)n1. The maximum absolute atomic E-state index is 5.71. The number of H-pyrrole nitrogens is 1. The summed E-state index contributed by atoms with van der Waals surface area (Å²) in [5, 5.41) is 19.1. The molecule has 4 aromatic rings. The van der Waals surface area contributed by atoms with Gasteiger partial charge in [0.25, 0.3) is 0 Å². The molecular weight excluding hydrogens is 418 g/mol. The highest BCUT2D eigenvalue weighted by atomic mass is 16.7. The van der Waals surface area contributed by atoms with Crippen molar-refractivity contribution in [3.8, 4) is 22.5 Å². The lowest BCUT2D eigenvalue weighted by atomic mass is 9.98. The van der Waals surface area contributed by atoms with Crippen molar-refractivity contribution in [1.29, 1.82) is 0 Å². The highest BCUT2D eigenvalue weighted by Gasteiger charge is 2.36. The van der Waals surface area contributed by atoms with E-state index in [0.29, 0.717) is 24.6 Å². The molecule has 0 unspecified atom stereocenters. The molecule has 1 N–H and O–H groups in total. The van der Waals surface area contributed by atoms with Crippen LogP contribution in [0.3, 0.4) is 0 Å². The third-order valence-electron chi connectivity index (χ3n) is 5.77. The van der Waals surface area contributed by atoms with E-state index in [9.17, 15) is 0 Å². The number of aromatic amines is 1. The summed E-state index contributed by atoms with van der Waals surface area (Å²) in [7, 11) is 3.27. The van der Waals surface area contributed by atoms with Crippen LogP contribution < -0.4 is 0 Å². The first-order chi connectivity index (χ1) is 16.1. The molecule has 2 heterocycles. The highest BCUT2D eigenvalue weighted by molar-refractivity contribution is 5.80. The van der Waals surface area contributed by atoms with Gasteiger partial charge < -0.3 is 9.47 Å². The monoisotopic (exact) mass is 447 g/mol. The second-order valence-corrected chi connectivity index (χ2v) is 7.77. The first-order valence-electron chi connectivity index (χ1n) is 11.1. The Morgan fingerprint density at radius 3 is 2.30 bits per heavy atom. The van der Waals surface area contributed by atoms with Crippen molar-refractivity contribution in [2.45, 2.75) is 45.4 Å². The van der Waals surface area contributed by atoms with Gasteiger partial charge in [-0.3, -0.25) is 0 Å². The van der Waals surface area contributed by atoms with Crippen LogP contribution in [-0.4, -0.2) is 49.6 Å². The molecule has 0 bridgehead atoms. The zero-order chi connectivity index (χ0) is 23.3. The molecule has 0 aliphatic heterocycles. The van der Waals surface area contributed by atoms with Gasteiger partial charge in [0.1, 0.15) is 5.82 Å². The predicted molar refractivity (Wildman–Crippen MR) is 124 cm³/mol. The molecule has 0 spiro atoms. The molecule has 0 radical (unpaired) electrons. The van der Waals surface area contributed by atoms with Crippen molar-refractivity contribution in [2.75, 3.05) is 14.2 Å². The second kappa shape index (κ2) is 10.0. The van der Waals surface area contributed by atoms with Crippen LogP contribution in [0, 0.1) is 0 Å². The number of ether oxygens (including phenoxy) is 2. The molecule has 4 rings (SSSR count). The zero-order valence-electron chi connectivity index (χ0n) is 19.4. The van der Waals surface area contributed by atoms with Gasteiger partial charge in [0, 0.05) is 32.6 Å². The Bertz CT molecular complexity index is 1170. The topological polar surface area (TPSA) is 104 Å². The highest BCUT2D eigenvalue weighted by Crippen LogP contribution is 2.31. The van der Waals surface area contributed by atoms with Gasteiger partial charge in [-0.2, -0.15) is 0 Å². The summed E-state index contributed by atoms with van der Waals surface area (Å²) >= 11 is 0. The first kappa shape index (κ1) is 22.8. The van der Waals surface area contributed by atoms with E-state index in [-0.39, 0.29) is 0 Å². The van der Waals surface area contributed by atoms with E-state index in [0.717, 1.165) is 40.9 Å². The minimum Gasteiger partial charge on any atom is -0.347 e. The van der Waals surface area contributed by atoms with Crippen LogP contribution in [0.5, 0.6) is 0 Å². The van der Waals surface area contributed by atoms with Gasteiger partial charge in [-0.05, 0) is 27.1 Å². The molecule has 0 saturated carbocycles. The van der Waals surface area contributed by atoms with Crippen LogP contribution >= 0.6 is 0 Å². The Morgan fingerprint density at radius 2 is 1.70 bits per heavy atom. The van der Waals surface area contributed by atoms with Crippen LogP contribution in [0.25, 0.3) is 22.5 Å². The van der Waals surface area contributed by atoms with Gasteiger partial charge in [0.05, 0.1) is 6.54 Å². The maximum Gasteiger partial charge on any atom is 0.231 e. The van der Waals surface area contributed by atoms with Gasteiger partial charge in [-0.1, -0.05) is 68.8 Å². The van der Waals surface area contributed by atoms with Gasteiger partial charge in [-0.25, -0.2) is 14.8 Å². The molecule has 0 aliphatic rings. The number of methoxy groups -OCH3 is 2. The Hall–Kier alpha value is -3.43. The minimum absolute atomic E-state index is 0.567. The van der Waals surface area contributed by atoms with Crippen molar-refractivity contribution >= 4 is 0 Å². The Labute approximate surface area is 193 Å². The van der Waals surface area contributed by atoms with Crippen molar-refractivity contribution in [3.63, 3.8) is 0 Å².